The van der Waals surface area contributed by atoms with Crippen LogP contribution in [0.3, 0.4) is 0 Å². The van der Waals surface area contributed by atoms with Gasteiger partial charge in [-0.1, -0.05) is 18.2 Å². The first-order valence-corrected chi connectivity index (χ1v) is 8.93. The minimum absolute atomic E-state index is 0.0853. The smallest absolute Gasteiger partial charge is 0.270 e. The van der Waals surface area contributed by atoms with Crippen molar-refractivity contribution in [3.63, 3.8) is 0 Å². The average molecular weight is 366 g/mol. The predicted octanol–water partition coefficient (Wildman–Crippen LogP) is 3.72. The number of nitro groups is 1. The summed E-state index contributed by atoms with van der Waals surface area (Å²) < 4.78 is 5.54. The summed E-state index contributed by atoms with van der Waals surface area (Å²) in [6, 6.07) is 14.4. The van der Waals surface area contributed by atoms with Gasteiger partial charge < -0.3 is 10.1 Å². The van der Waals surface area contributed by atoms with Crippen molar-refractivity contribution in [3.8, 4) is 11.8 Å². The Bertz CT molecular complexity index is 857. The van der Waals surface area contributed by atoms with E-state index in [1.54, 1.807) is 13.2 Å². The summed E-state index contributed by atoms with van der Waals surface area (Å²) in [6.45, 7) is 2.60. The Kier molecular flexibility index (Phi) is 5.89. The molecule has 3 rings (SSSR count). The Labute approximate surface area is 158 Å². The number of methoxy groups -OCH3 is 1. The number of nitriles is 1. The van der Waals surface area contributed by atoms with Crippen LogP contribution in [0.25, 0.3) is 0 Å². The van der Waals surface area contributed by atoms with Crippen LogP contribution in [0.4, 0.5) is 11.4 Å². The molecule has 0 saturated carbocycles. The monoisotopic (exact) mass is 366 g/mol. The van der Waals surface area contributed by atoms with Gasteiger partial charge in [-0.25, -0.2) is 0 Å². The lowest BCUT2D eigenvalue weighted by molar-refractivity contribution is -0.384. The van der Waals surface area contributed by atoms with Crippen LogP contribution in [0.15, 0.2) is 42.5 Å². The van der Waals surface area contributed by atoms with E-state index in [2.05, 4.69) is 16.3 Å². The van der Waals surface area contributed by atoms with E-state index in [-0.39, 0.29) is 17.3 Å². The lowest BCUT2D eigenvalue weighted by atomic mass is 10.0. The van der Waals surface area contributed by atoms with Gasteiger partial charge in [0.2, 0.25) is 0 Å². The van der Waals surface area contributed by atoms with Gasteiger partial charge in [-0.05, 0) is 38.1 Å². The molecule has 0 radical (unpaired) electrons. The van der Waals surface area contributed by atoms with Crippen molar-refractivity contribution in [2.45, 2.75) is 18.9 Å². The van der Waals surface area contributed by atoms with Crippen molar-refractivity contribution in [2.24, 2.45) is 0 Å². The van der Waals surface area contributed by atoms with Crippen LogP contribution in [0.1, 0.15) is 30.0 Å². The highest BCUT2D eigenvalue weighted by molar-refractivity contribution is 5.61. The summed E-state index contributed by atoms with van der Waals surface area (Å²) in [7, 11) is 1.66. The minimum Gasteiger partial charge on any atom is -0.496 e. The zero-order chi connectivity index (χ0) is 19.2. The SMILES string of the molecule is COc1ccccc1C(CNc1ccc([N+](=O)[O-])cc1C#N)N1CCCC1. The molecule has 0 spiro atoms. The third-order valence-corrected chi connectivity index (χ3v) is 4.90. The molecule has 1 saturated heterocycles. The molecule has 1 atom stereocenters. The first kappa shape index (κ1) is 18.7. The number of hydrogen-bond acceptors (Lipinski definition) is 6. The molecule has 0 aromatic heterocycles. The molecule has 2 aromatic carbocycles. The summed E-state index contributed by atoms with van der Waals surface area (Å²) in [6.07, 6.45) is 2.32. The van der Waals surface area contributed by atoms with Crippen LogP contribution >= 0.6 is 0 Å². The molecule has 0 aliphatic carbocycles. The molecule has 1 fully saturated rings. The Morgan fingerprint density at radius 1 is 1.30 bits per heavy atom. The van der Waals surface area contributed by atoms with Gasteiger partial charge in [-0.3, -0.25) is 15.0 Å². The maximum Gasteiger partial charge on any atom is 0.270 e. The Balaban J connectivity index is 1.85. The second-order valence-corrected chi connectivity index (χ2v) is 6.48. The summed E-state index contributed by atoms with van der Waals surface area (Å²) in [5.74, 6) is 0.834. The molecule has 2 aromatic rings. The summed E-state index contributed by atoms with van der Waals surface area (Å²) in [4.78, 5) is 12.8. The largest absolute Gasteiger partial charge is 0.496 e. The molecular formula is C20H22N4O3. The molecule has 7 nitrogen and oxygen atoms in total. The normalized spacial score (nSPS) is 15.1. The number of para-hydroxylation sites is 1. The van der Waals surface area contributed by atoms with Crippen molar-refractivity contribution in [1.82, 2.24) is 4.90 Å². The molecule has 1 aliphatic rings. The molecular weight excluding hydrogens is 344 g/mol. The van der Waals surface area contributed by atoms with Gasteiger partial charge in [0.1, 0.15) is 11.8 Å². The third kappa shape index (κ3) is 4.18. The zero-order valence-electron chi connectivity index (χ0n) is 15.2. The fourth-order valence-electron chi connectivity index (χ4n) is 3.53. The van der Waals surface area contributed by atoms with Crippen molar-refractivity contribution < 1.29 is 9.66 Å². The highest BCUT2D eigenvalue weighted by Gasteiger charge is 2.26. The van der Waals surface area contributed by atoms with Crippen molar-refractivity contribution in [3.05, 3.63) is 63.7 Å². The number of rotatable bonds is 7. The first-order chi connectivity index (χ1) is 13.1. The summed E-state index contributed by atoms with van der Waals surface area (Å²) in [5, 5.41) is 23.6. The van der Waals surface area contributed by atoms with Crippen LogP contribution < -0.4 is 10.1 Å². The fourth-order valence-corrected chi connectivity index (χ4v) is 3.53. The van der Waals surface area contributed by atoms with E-state index in [0.717, 1.165) is 37.2 Å². The van der Waals surface area contributed by atoms with Crippen molar-refractivity contribution in [2.75, 3.05) is 32.1 Å². The standard InChI is InChI=1S/C20H22N4O3/c1-27-20-7-3-2-6-17(20)19(23-10-4-5-11-23)14-22-18-9-8-16(24(25)26)12-15(18)13-21/h2-3,6-9,12,19,22H,4-5,10-11,14H2,1H3. The third-order valence-electron chi connectivity index (χ3n) is 4.90. The van der Waals surface area contributed by atoms with Gasteiger partial charge >= 0.3 is 0 Å². The molecule has 0 amide bonds. The van der Waals surface area contributed by atoms with Crippen LogP contribution in [0, 0.1) is 21.4 Å². The summed E-state index contributed by atoms with van der Waals surface area (Å²) >= 11 is 0. The predicted molar refractivity (Wildman–Crippen MR) is 103 cm³/mol. The van der Waals surface area contributed by atoms with Crippen molar-refractivity contribution >= 4 is 11.4 Å². The van der Waals surface area contributed by atoms with Crippen LogP contribution in [-0.4, -0.2) is 36.6 Å². The molecule has 7 heteroatoms. The minimum atomic E-state index is -0.494. The fraction of sp³-hybridized carbons (Fsp3) is 0.350. The number of ether oxygens (including phenoxy) is 1. The van der Waals surface area contributed by atoms with Gasteiger partial charge in [-0.2, -0.15) is 5.26 Å². The van der Waals surface area contributed by atoms with Gasteiger partial charge in [0.25, 0.3) is 5.69 Å². The van der Waals surface area contributed by atoms with Crippen LogP contribution in [0.2, 0.25) is 0 Å². The highest BCUT2D eigenvalue weighted by Crippen LogP contribution is 2.32. The molecule has 1 unspecified atom stereocenters. The van der Waals surface area contributed by atoms with E-state index < -0.39 is 4.92 Å². The number of nitrogens with one attached hydrogen (secondary N) is 1. The Morgan fingerprint density at radius 2 is 2.04 bits per heavy atom. The van der Waals surface area contributed by atoms with Gasteiger partial charge in [0, 0.05) is 24.2 Å². The topological polar surface area (TPSA) is 91.4 Å². The van der Waals surface area contributed by atoms with Crippen LogP contribution in [0.5, 0.6) is 5.75 Å². The lowest BCUT2D eigenvalue weighted by Crippen LogP contribution is -2.31. The number of anilines is 1. The molecule has 0 bridgehead atoms. The van der Waals surface area contributed by atoms with E-state index in [0.29, 0.717) is 12.2 Å². The lowest BCUT2D eigenvalue weighted by Gasteiger charge is -2.29. The number of hydrogen-bond donors (Lipinski definition) is 1. The quantitative estimate of drug-likeness (QED) is 0.593. The van der Waals surface area contributed by atoms with E-state index in [1.807, 2.05) is 24.3 Å². The molecule has 27 heavy (non-hydrogen) atoms. The van der Waals surface area contributed by atoms with Gasteiger partial charge in [0.05, 0.1) is 29.3 Å². The second kappa shape index (κ2) is 8.52. The van der Waals surface area contributed by atoms with Gasteiger partial charge in [-0.15, -0.1) is 0 Å². The average Bonchev–Trinajstić information content (AvgIpc) is 3.23. The first-order valence-electron chi connectivity index (χ1n) is 8.93. The Hall–Kier alpha value is -3.11. The number of non-ortho nitro benzene ring substituents is 1. The second-order valence-electron chi connectivity index (χ2n) is 6.48. The van der Waals surface area contributed by atoms with E-state index in [9.17, 15) is 15.4 Å². The Morgan fingerprint density at radius 3 is 2.70 bits per heavy atom. The zero-order valence-corrected chi connectivity index (χ0v) is 15.2. The van der Waals surface area contributed by atoms with Crippen LogP contribution in [-0.2, 0) is 0 Å². The van der Waals surface area contributed by atoms with E-state index >= 15 is 0 Å². The van der Waals surface area contributed by atoms with E-state index in [4.69, 9.17) is 4.74 Å². The molecule has 1 N–H and O–H groups in total. The van der Waals surface area contributed by atoms with Crippen molar-refractivity contribution in [1.29, 1.82) is 5.26 Å². The summed E-state index contributed by atoms with van der Waals surface area (Å²) in [5.41, 5.74) is 1.87. The number of nitrogens with zero attached hydrogens (tertiary/aromatic N) is 3. The van der Waals surface area contributed by atoms with Gasteiger partial charge in [0.15, 0.2) is 0 Å². The molecule has 140 valence electrons. The maximum absolute atomic E-state index is 10.9. The number of benzene rings is 2. The number of likely N-dealkylation sites (tertiary alicyclic amines) is 1. The number of nitro benzene ring substituents is 1. The van der Waals surface area contributed by atoms with E-state index in [1.165, 1.54) is 12.1 Å². The highest BCUT2D eigenvalue weighted by atomic mass is 16.6. The molecule has 1 heterocycles. The molecule has 1 aliphatic heterocycles. The maximum atomic E-state index is 10.9.